The highest BCUT2D eigenvalue weighted by Gasteiger charge is 2.46. The number of hydrogen-bond donors (Lipinski definition) is 2. The molecule has 17 heteroatoms. The number of allylic oxidation sites excluding steroid dienone is 16. The summed E-state index contributed by atoms with van der Waals surface area (Å²) in [4.78, 5) is 4.77. The molecule has 0 saturated heterocycles. The van der Waals surface area contributed by atoms with E-state index in [-0.39, 0.29) is 33.2 Å². The summed E-state index contributed by atoms with van der Waals surface area (Å²) < 4.78 is 87.8. The van der Waals surface area contributed by atoms with Crippen molar-refractivity contribution in [2.24, 2.45) is 0 Å². The molecule has 4 aliphatic heterocycles. The van der Waals surface area contributed by atoms with Crippen molar-refractivity contribution in [1.82, 2.24) is 0 Å². The smallest absolute Gasteiger partial charge is 0.264 e. The summed E-state index contributed by atoms with van der Waals surface area (Å²) in [5, 5.41) is 1.57. The fraction of sp³-hybridized carbons (Fsp3) is 0.447. The molecule has 0 aromatic heterocycles. The van der Waals surface area contributed by atoms with Gasteiger partial charge < -0.3 is 24.0 Å². The predicted molar refractivity (Wildman–Crippen MR) is 380 cm³/mol. The molecule has 0 saturated carbocycles. The molecule has 0 bridgehead atoms. The van der Waals surface area contributed by atoms with Crippen molar-refractivity contribution in [2.45, 2.75) is 141 Å². The van der Waals surface area contributed by atoms with E-state index in [0.29, 0.717) is 91.5 Å². The molecule has 0 fully saturated rings. The number of ether oxygens (including phenoxy) is 3. The van der Waals surface area contributed by atoms with Gasteiger partial charge >= 0.3 is 0 Å². The lowest BCUT2D eigenvalue weighted by Gasteiger charge is -2.27. The van der Waals surface area contributed by atoms with Crippen molar-refractivity contribution >= 4 is 77.6 Å². The molecule has 2 N–H and O–H groups in total. The molecule has 0 radical (unpaired) electrons. The first-order valence-electron chi connectivity index (χ1n) is 33.1. The molecule has 93 heavy (non-hydrogen) atoms. The van der Waals surface area contributed by atoms with Crippen LogP contribution in [0.25, 0.3) is 0 Å². The third-order valence-electron chi connectivity index (χ3n) is 19.6. The second kappa shape index (κ2) is 29.6. The van der Waals surface area contributed by atoms with Crippen LogP contribution in [0.4, 0.5) is 22.7 Å². The van der Waals surface area contributed by atoms with E-state index in [2.05, 4.69) is 208 Å². The first-order valence-corrected chi connectivity index (χ1v) is 37.1. The molecule has 496 valence electrons. The van der Waals surface area contributed by atoms with Gasteiger partial charge in [0.25, 0.3) is 20.2 Å². The van der Waals surface area contributed by atoms with Gasteiger partial charge in [-0.25, -0.2) is 0 Å². The molecule has 0 atom stereocenters. The van der Waals surface area contributed by atoms with Gasteiger partial charge in [0.1, 0.15) is 13.1 Å². The highest BCUT2D eigenvalue weighted by atomic mass is 35.5. The second-order valence-corrected chi connectivity index (χ2v) is 31.2. The van der Waals surface area contributed by atoms with Gasteiger partial charge in [-0.1, -0.05) is 148 Å². The zero-order chi connectivity index (χ0) is 66.3. The predicted octanol–water partition coefficient (Wildman–Crippen LogP) is 16.2. The highest BCUT2D eigenvalue weighted by Crippen LogP contribution is 2.50. The Balaban J connectivity index is 0.729. The Morgan fingerprint density at radius 3 is 1.19 bits per heavy atom. The Morgan fingerprint density at radius 2 is 0.806 bits per heavy atom. The molecule has 4 aromatic rings. The number of para-hydroxylation sites is 4. The zero-order valence-electron chi connectivity index (χ0n) is 55.5. The van der Waals surface area contributed by atoms with Crippen molar-refractivity contribution in [3.8, 4) is 0 Å². The van der Waals surface area contributed by atoms with Crippen molar-refractivity contribution in [3.05, 3.63) is 212 Å². The van der Waals surface area contributed by atoms with E-state index < -0.39 is 20.2 Å². The average Bonchev–Trinajstić information content (AvgIpc) is 1.63. The van der Waals surface area contributed by atoms with Crippen LogP contribution in [-0.4, -0.2) is 124 Å². The first-order chi connectivity index (χ1) is 44.3. The molecule has 13 nitrogen and oxygen atoms in total. The van der Waals surface area contributed by atoms with Crippen LogP contribution in [0.5, 0.6) is 0 Å². The standard InChI is InChI=1S/C76H92Cl2N4O9S2/c1-73(2)59-27-9-13-31-63(59)79(43-17-19-53-92(83,84)85)67(73)39-35-55-23-21-25-57(71(55)77)37-41-69-75(5,6)61-29-11-15-33-65(61)81(69)45-47-89-49-51-91-52-50-90-48-46-82-66-34-16-12-30-62(66)76(7,8)70(82)42-38-58-26-22-24-56(72(58)78)36-40-68-74(3,4)60-28-10-14-32-64(60)80(68)44-18-20-54-93(86,87)88/h9-16,27-42H,17-26,43-54H2,1-8H3/p+2. The fourth-order valence-electron chi connectivity index (χ4n) is 14.6. The summed E-state index contributed by atoms with van der Waals surface area (Å²) in [7, 11) is -8.04. The topological polar surface area (TPSA) is 149 Å². The van der Waals surface area contributed by atoms with Gasteiger partial charge in [-0.3, -0.25) is 9.11 Å². The first kappa shape index (κ1) is 69.8. The van der Waals surface area contributed by atoms with E-state index in [4.69, 9.17) is 37.4 Å². The summed E-state index contributed by atoms with van der Waals surface area (Å²) in [5.74, 6) is -0.501. The fourth-order valence-corrected chi connectivity index (χ4v) is 16.4. The average molecular weight is 1340 g/mol. The van der Waals surface area contributed by atoms with Crippen LogP contribution in [0.3, 0.4) is 0 Å². The molecule has 4 heterocycles. The summed E-state index contributed by atoms with van der Waals surface area (Å²) in [6.07, 6.45) is 25.1. The van der Waals surface area contributed by atoms with Gasteiger partial charge in [0.15, 0.2) is 11.4 Å². The Hall–Kier alpha value is -5.98. The molecule has 6 aliphatic rings. The largest absolute Gasteiger partial charge is 0.377 e. The van der Waals surface area contributed by atoms with Gasteiger partial charge in [-0.05, 0) is 137 Å². The van der Waals surface area contributed by atoms with Gasteiger partial charge in [-0.15, -0.1) is 0 Å². The molecule has 0 spiro atoms. The number of halogens is 2. The number of nitrogens with zero attached hydrogens (tertiary/aromatic N) is 4. The second-order valence-electron chi connectivity index (χ2n) is 27.3. The van der Waals surface area contributed by atoms with Crippen molar-refractivity contribution in [2.75, 3.05) is 87.1 Å². The minimum atomic E-state index is -4.02. The lowest BCUT2D eigenvalue weighted by Crippen LogP contribution is -2.29. The maximum atomic E-state index is 11.5. The van der Waals surface area contributed by atoms with E-state index in [1.54, 1.807) is 0 Å². The summed E-state index contributed by atoms with van der Waals surface area (Å²) in [6.45, 7) is 23.5. The highest BCUT2D eigenvalue weighted by molar-refractivity contribution is 7.86. The molecular formula is C76H94Cl2N4O9S2+2. The van der Waals surface area contributed by atoms with Gasteiger partial charge in [0.2, 0.25) is 11.4 Å². The van der Waals surface area contributed by atoms with Crippen molar-refractivity contribution < 1.29 is 49.3 Å². The van der Waals surface area contributed by atoms with Gasteiger partial charge in [0.05, 0.1) is 62.0 Å². The Morgan fingerprint density at radius 1 is 0.452 bits per heavy atom. The normalized spacial score (nSPS) is 20.9. The maximum Gasteiger partial charge on any atom is 0.264 e. The molecular weight excluding hydrogens is 1250 g/mol. The monoisotopic (exact) mass is 1340 g/mol. The number of fused-ring (bicyclic) bond motifs is 4. The number of unbranched alkanes of at least 4 members (excludes halogenated alkanes) is 2. The Kier molecular flexibility index (Phi) is 22.2. The van der Waals surface area contributed by atoms with Crippen molar-refractivity contribution in [1.29, 1.82) is 0 Å². The molecule has 0 amide bonds. The molecule has 4 aromatic carbocycles. The van der Waals surface area contributed by atoms with Crippen LogP contribution in [0.2, 0.25) is 0 Å². The molecule has 0 unspecified atom stereocenters. The number of hydrogen-bond acceptors (Lipinski definition) is 9. The van der Waals surface area contributed by atoms with Crippen LogP contribution < -0.4 is 9.80 Å². The quantitative estimate of drug-likeness (QED) is 0.0318. The van der Waals surface area contributed by atoms with E-state index in [1.165, 1.54) is 45.0 Å². The number of rotatable bonds is 28. The lowest BCUT2D eigenvalue weighted by molar-refractivity contribution is -0.438. The summed E-state index contributed by atoms with van der Waals surface area (Å²) in [5.41, 5.74) is 17.6. The molecule has 2 aliphatic carbocycles. The minimum absolute atomic E-state index is 0.250. The third kappa shape index (κ3) is 15.8. The van der Waals surface area contributed by atoms with Crippen molar-refractivity contribution in [3.63, 3.8) is 0 Å². The zero-order valence-corrected chi connectivity index (χ0v) is 58.7. The van der Waals surface area contributed by atoms with Crippen LogP contribution in [0.1, 0.15) is 142 Å². The van der Waals surface area contributed by atoms with E-state index >= 15 is 0 Å². The van der Waals surface area contributed by atoms with E-state index in [1.807, 2.05) is 12.1 Å². The van der Waals surface area contributed by atoms with Gasteiger partial charge in [0, 0.05) is 105 Å². The van der Waals surface area contributed by atoms with Crippen LogP contribution in [-0.2, 0) is 56.1 Å². The molecule has 10 rings (SSSR count). The van der Waals surface area contributed by atoms with Gasteiger partial charge in [-0.2, -0.15) is 26.0 Å². The van der Waals surface area contributed by atoms with Crippen LogP contribution in [0, 0.1) is 0 Å². The lowest BCUT2D eigenvalue weighted by atomic mass is 9.81. The van der Waals surface area contributed by atoms with Crippen LogP contribution in [0.15, 0.2) is 189 Å². The maximum absolute atomic E-state index is 11.5. The minimum Gasteiger partial charge on any atom is -0.377 e. The van der Waals surface area contributed by atoms with E-state index in [0.717, 1.165) is 93.7 Å². The third-order valence-corrected chi connectivity index (χ3v) is 22.2. The Bertz CT molecular complexity index is 3770. The summed E-state index contributed by atoms with van der Waals surface area (Å²) >= 11 is 14.7. The van der Waals surface area contributed by atoms with E-state index in [9.17, 15) is 25.9 Å². The van der Waals surface area contributed by atoms with Crippen LogP contribution >= 0.6 is 23.2 Å². The Labute approximate surface area is 563 Å². The number of benzene rings is 4. The SMILES string of the molecule is CC1(C)C(/C=C/C2=C(Cl)C(=C\C=C3/N(CCOCCOCCOCCN4/C(=C/C=C5\CCCC(/C=C/C6=[N+](CCCCS(=O)(=O)O)c7ccccc7C6(C)C)=C5Cl)C(C)(C)c5ccccc54)c4ccccc4C3(C)C)/CCC2)=[N+](CCCCS(=O)(=O)O)c2ccccc21. The number of anilines is 2. The summed E-state index contributed by atoms with van der Waals surface area (Å²) in [6, 6.07) is 34.0.